The first-order chi connectivity index (χ1) is 9.49. The molecule has 116 valence electrons. The molecule has 0 aromatic heterocycles. The normalized spacial score (nSPS) is 24.9. The molecule has 1 aliphatic rings. The summed E-state index contributed by atoms with van der Waals surface area (Å²) in [6, 6.07) is -1.26. The van der Waals surface area contributed by atoms with E-state index in [2.05, 4.69) is 17.6 Å². The van der Waals surface area contributed by atoms with Gasteiger partial charge in [0, 0.05) is 19.1 Å². The highest BCUT2D eigenvalue weighted by atomic mass is 16.5. The van der Waals surface area contributed by atoms with E-state index in [1.807, 2.05) is 13.8 Å². The molecule has 2 amide bonds. The van der Waals surface area contributed by atoms with Crippen LogP contribution in [-0.4, -0.2) is 42.4 Å². The van der Waals surface area contributed by atoms with Crippen molar-refractivity contribution in [3.8, 4) is 0 Å². The number of aliphatic carboxylic acids is 1. The molecule has 1 rings (SSSR count). The van der Waals surface area contributed by atoms with Gasteiger partial charge in [0.05, 0.1) is 6.10 Å². The molecule has 0 aliphatic carbocycles. The summed E-state index contributed by atoms with van der Waals surface area (Å²) in [5, 5.41) is 14.4. The van der Waals surface area contributed by atoms with Crippen LogP contribution < -0.4 is 10.6 Å². The predicted octanol–water partition coefficient (Wildman–Crippen LogP) is 1.60. The Bertz CT molecular complexity index is 335. The fourth-order valence-corrected chi connectivity index (χ4v) is 2.48. The van der Waals surface area contributed by atoms with Crippen molar-refractivity contribution in [2.24, 2.45) is 11.8 Å². The van der Waals surface area contributed by atoms with Crippen LogP contribution in [0.25, 0.3) is 0 Å². The minimum absolute atomic E-state index is 0.101. The fourth-order valence-electron chi connectivity index (χ4n) is 2.48. The summed E-state index contributed by atoms with van der Waals surface area (Å²) >= 11 is 0. The second-order valence-corrected chi connectivity index (χ2v) is 5.42. The summed E-state index contributed by atoms with van der Waals surface area (Å²) in [7, 11) is 0. The molecule has 3 unspecified atom stereocenters. The van der Waals surface area contributed by atoms with Gasteiger partial charge in [0.15, 0.2) is 0 Å². The molecule has 4 atom stereocenters. The number of carbonyl (C=O) groups excluding carboxylic acids is 1. The van der Waals surface area contributed by atoms with Gasteiger partial charge in [-0.15, -0.1) is 0 Å². The number of nitrogens with one attached hydrogen (secondary N) is 2. The Morgan fingerprint density at radius 2 is 2.10 bits per heavy atom. The number of hydrogen-bond acceptors (Lipinski definition) is 3. The van der Waals surface area contributed by atoms with Crippen LogP contribution in [0.3, 0.4) is 0 Å². The number of carbonyl (C=O) groups is 2. The maximum atomic E-state index is 11.8. The predicted molar refractivity (Wildman–Crippen MR) is 75.6 cm³/mol. The molecular formula is C14H26N2O4. The van der Waals surface area contributed by atoms with E-state index in [1.165, 1.54) is 0 Å². The van der Waals surface area contributed by atoms with Gasteiger partial charge in [-0.2, -0.15) is 0 Å². The van der Waals surface area contributed by atoms with Gasteiger partial charge in [0.1, 0.15) is 6.04 Å². The summed E-state index contributed by atoms with van der Waals surface area (Å²) in [4.78, 5) is 22.9. The second-order valence-electron chi connectivity index (χ2n) is 5.42. The lowest BCUT2D eigenvalue weighted by Crippen LogP contribution is -2.50. The Balaban J connectivity index is 2.40. The molecule has 0 bridgehead atoms. The summed E-state index contributed by atoms with van der Waals surface area (Å²) < 4.78 is 5.56. The van der Waals surface area contributed by atoms with Gasteiger partial charge in [-0.1, -0.05) is 27.2 Å². The number of urea groups is 1. The first-order valence-corrected chi connectivity index (χ1v) is 7.38. The Morgan fingerprint density at radius 3 is 2.65 bits per heavy atom. The maximum absolute atomic E-state index is 11.8. The average Bonchev–Trinajstić information content (AvgIpc) is 2.88. The van der Waals surface area contributed by atoms with Crippen LogP contribution in [0.15, 0.2) is 0 Å². The van der Waals surface area contributed by atoms with E-state index in [0.717, 1.165) is 19.4 Å². The van der Waals surface area contributed by atoms with Crippen molar-refractivity contribution in [3.63, 3.8) is 0 Å². The highest BCUT2D eigenvalue weighted by molar-refractivity contribution is 5.82. The summed E-state index contributed by atoms with van der Waals surface area (Å²) in [6.45, 7) is 7.04. The number of ether oxygens (including phenoxy) is 1. The van der Waals surface area contributed by atoms with Gasteiger partial charge in [-0.3, -0.25) is 0 Å². The van der Waals surface area contributed by atoms with Gasteiger partial charge in [-0.25, -0.2) is 9.59 Å². The standard InChI is InChI=1S/C14H26N2O4/c1-4-9(3)12(13(17)18)16-14(19)15-8-10-6-7-20-11(10)5-2/h9-12H,4-8H2,1-3H3,(H,17,18)(H2,15,16,19)/t9?,10?,11?,12-/m0/s1. The lowest BCUT2D eigenvalue weighted by atomic mass is 9.99. The average molecular weight is 286 g/mol. The van der Waals surface area contributed by atoms with E-state index in [4.69, 9.17) is 9.84 Å². The quantitative estimate of drug-likeness (QED) is 0.663. The Labute approximate surface area is 120 Å². The third-order valence-electron chi connectivity index (χ3n) is 4.04. The third-order valence-corrected chi connectivity index (χ3v) is 4.04. The largest absolute Gasteiger partial charge is 0.480 e. The Kier molecular flexibility index (Phi) is 6.78. The van der Waals surface area contributed by atoms with Crippen LogP contribution in [0.2, 0.25) is 0 Å². The van der Waals surface area contributed by atoms with Crippen molar-refractivity contribution < 1.29 is 19.4 Å². The van der Waals surface area contributed by atoms with Gasteiger partial charge in [0.25, 0.3) is 0 Å². The molecule has 3 N–H and O–H groups in total. The molecule has 0 radical (unpaired) electrons. The minimum Gasteiger partial charge on any atom is -0.480 e. The van der Waals surface area contributed by atoms with Crippen LogP contribution in [0.4, 0.5) is 4.79 Å². The highest BCUT2D eigenvalue weighted by Crippen LogP contribution is 2.22. The molecule has 6 heteroatoms. The molecule has 20 heavy (non-hydrogen) atoms. The Morgan fingerprint density at radius 1 is 1.40 bits per heavy atom. The van der Waals surface area contributed by atoms with Crippen molar-refractivity contribution in [1.29, 1.82) is 0 Å². The zero-order valence-electron chi connectivity index (χ0n) is 12.5. The van der Waals surface area contributed by atoms with Gasteiger partial charge in [-0.05, 0) is 18.8 Å². The molecule has 0 spiro atoms. The van der Waals surface area contributed by atoms with E-state index < -0.39 is 18.0 Å². The molecule has 0 aromatic carbocycles. The van der Waals surface area contributed by atoms with E-state index >= 15 is 0 Å². The molecule has 1 saturated heterocycles. The van der Waals surface area contributed by atoms with E-state index in [0.29, 0.717) is 18.9 Å². The van der Waals surface area contributed by atoms with Crippen LogP contribution in [0, 0.1) is 11.8 Å². The number of hydrogen-bond donors (Lipinski definition) is 3. The van der Waals surface area contributed by atoms with E-state index in [1.54, 1.807) is 0 Å². The van der Waals surface area contributed by atoms with Gasteiger partial charge < -0.3 is 20.5 Å². The van der Waals surface area contributed by atoms with Crippen molar-refractivity contribution in [1.82, 2.24) is 10.6 Å². The monoisotopic (exact) mass is 286 g/mol. The van der Waals surface area contributed by atoms with E-state index in [-0.39, 0.29) is 12.0 Å². The molecule has 0 saturated carbocycles. The summed E-state index contributed by atoms with van der Waals surface area (Å²) in [6.07, 6.45) is 2.76. The Hall–Kier alpha value is -1.30. The highest BCUT2D eigenvalue weighted by Gasteiger charge is 2.28. The zero-order chi connectivity index (χ0) is 15.1. The smallest absolute Gasteiger partial charge is 0.326 e. The van der Waals surface area contributed by atoms with Crippen molar-refractivity contribution >= 4 is 12.0 Å². The van der Waals surface area contributed by atoms with Crippen LogP contribution in [-0.2, 0) is 9.53 Å². The van der Waals surface area contributed by atoms with Crippen LogP contribution >= 0.6 is 0 Å². The van der Waals surface area contributed by atoms with Gasteiger partial charge in [0.2, 0.25) is 0 Å². The molecule has 0 aromatic rings. The molecule has 1 heterocycles. The number of carboxylic acid groups (broad SMARTS) is 1. The summed E-state index contributed by atoms with van der Waals surface area (Å²) in [5.41, 5.74) is 0. The topological polar surface area (TPSA) is 87.7 Å². The molecule has 1 fully saturated rings. The maximum Gasteiger partial charge on any atom is 0.326 e. The van der Waals surface area contributed by atoms with Crippen molar-refractivity contribution in [2.45, 2.75) is 52.2 Å². The van der Waals surface area contributed by atoms with Gasteiger partial charge >= 0.3 is 12.0 Å². The number of amides is 2. The molecule has 1 aliphatic heterocycles. The molecular weight excluding hydrogens is 260 g/mol. The van der Waals surface area contributed by atoms with Crippen molar-refractivity contribution in [2.75, 3.05) is 13.2 Å². The lowest BCUT2D eigenvalue weighted by Gasteiger charge is -2.22. The zero-order valence-corrected chi connectivity index (χ0v) is 12.5. The number of rotatable bonds is 7. The summed E-state index contributed by atoms with van der Waals surface area (Å²) in [5.74, 6) is -0.779. The van der Waals surface area contributed by atoms with Crippen LogP contribution in [0.1, 0.15) is 40.0 Å². The third kappa shape index (κ3) is 4.67. The second kappa shape index (κ2) is 8.09. The fraction of sp³-hybridized carbons (Fsp3) is 0.857. The molecule has 6 nitrogen and oxygen atoms in total. The van der Waals surface area contributed by atoms with Crippen LogP contribution in [0.5, 0.6) is 0 Å². The SMILES string of the molecule is CCC1OCCC1CNC(=O)N[C@H](C(=O)O)C(C)CC. The van der Waals surface area contributed by atoms with E-state index in [9.17, 15) is 9.59 Å². The number of carboxylic acids is 1. The lowest BCUT2D eigenvalue weighted by molar-refractivity contribution is -0.140. The van der Waals surface area contributed by atoms with Crippen molar-refractivity contribution in [3.05, 3.63) is 0 Å². The minimum atomic E-state index is -0.995. The first-order valence-electron chi connectivity index (χ1n) is 7.38. The first kappa shape index (κ1) is 16.8.